The SMILES string of the molecule is Cl[C](Cl)Cl.[HH].[HH].[HH].[Sn]. The van der Waals surface area contributed by atoms with Gasteiger partial charge in [-0.05, 0) is 0 Å². The quantitative estimate of drug-likeness (QED) is 0.573. The van der Waals surface area contributed by atoms with Gasteiger partial charge in [0.1, 0.15) is 0 Å². The van der Waals surface area contributed by atoms with E-state index in [1.807, 2.05) is 0 Å². The Morgan fingerprint density at radius 3 is 1.20 bits per heavy atom. The first-order valence-electron chi connectivity index (χ1n) is 0.567. The van der Waals surface area contributed by atoms with E-state index in [0.717, 1.165) is 0 Å². The average Bonchev–Trinajstić information content (AvgIpc) is 0.811. The largest absolute Gasteiger partial charge is 0.236 e. The Morgan fingerprint density at radius 1 is 1.20 bits per heavy atom. The van der Waals surface area contributed by atoms with Gasteiger partial charge in [0.25, 0.3) is 0 Å². The molecule has 0 unspecified atom stereocenters. The van der Waals surface area contributed by atoms with E-state index in [0.29, 0.717) is 0 Å². The third-order valence-corrected chi connectivity index (χ3v) is 0. The van der Waals surface area contributed by atoms with Gasteiger partial charge in [-0.3, -0.25) is 0 Å². The number of hydrogen-bond acceptors (Lipinski definition) is 0. The molecule has 0 heterocycles. The normalized spacial score (nSPS) is 7.20. The van der Waals surface area contributed by atoms with Crippen LogP contribution in [0.5, 0.6) is 0 Å². The van der Waals surface area contributed by atoms with Crippen molar-refractivity contribution in [1.82, 2.24) is 0 Å². The van der Waals surface area contributed by atoms with Crippen molar-refractivity contribution in [2.45, 2.75) is 0 Å². The zero-order valence-corrected chi connectivity index (χ0v) is 7.26. The molecule has 4 heteroatoms. The van der Waals surface area contributed by atoms with Crippen LogP contribution < -0.4 is 0 Å². The number of hydrogen-bond donors (Lipinski definition) is 0. The molecule has 0 aromatic rings. The minimum atomic E-state index is -0.167. The van der Waals surface area contributed by atoms with Gasteiger partial charge >= 0.3 is 0 Å². The Kier molecular flexibility index (Phi) is 11.1. The summed E-state index contributed by atoms with van der Waals surface area (Å²) in [5.41, 5.74) is 0. The Hall–Kier alpha value is 1.67. The fraction of sp³-hybridized carbons (Fsp3) is 0. The van der Waals surface area contributed by atoms with Crippen molar-refractivity contribution < 1.29 is 4.28 Å². The number of halogens is 3. The molecule has 5 radical (unpaired) electrons. The maximum absolute atomic E-state index is 4.72. The summed E-state index contributed by atoms with van der Waals surface area (Å²) in [7, 11) is 0. The van der Waals surface area contributed by atoms with Crippen LogP contribution in [-0.4, -0.2) is 23.9 Å². The fourth-order valence-electron chi connectivity index (χ4n) is 0. The minimum absolute atomic E-state index is 0. The molecule has 0 amide bonds. The van der Waals surface area contributed by atoms with Gasteiger partial charge in [0, 0.05) is 28.2 Å². The molecule has 0 rings (SSSR count). The van der Waals surface area contributed by atoms with E-state index in [9.17, 15) is 0 Å². The number of rotatable bonds is 0. The molecule has 5 heavy (non-hydrogen) atoms. The molecular formula is CH6Cl3Sn. The van der Waals surface area contributed by atoms with E-state index in [1.165, 1.54) is 0 Å². The first kappa shape index (κ1) is 9.83. The summed E-state index contributed by atoms with van der Waals surface area (Å²) < 4.78 is -0.167. The van der Waals surface area contributed by atoms with Crippen molar-refractivity contribution >= 4 is 58.7 Å². The smallest absolute Gasteiger partial charge is 0.0788 e. The first-order chi connectivity index (χ1) is 1.73. The zero-order valence-electron chi connectivity index (χ0n) is 2.13. The molecule has 0 N–H and O–H groups in total. The van der Waals surface area contributed by atoms with Crippen molar-refractivity contribution in [1.29, 1.82) is 0 Å². The maximum atomic E-state index is 4.72. The van der Waals surface area contributed by atoms with Gasteiger partial charge in [-0.15, -0.1) is 0 Å². The molecule has 0 nitrogen and oxygen atoms in total. The van der Waals surface area contributed by atoms with Crippen LogP contribution in [0.15, 0.2) is 0 Å². The van der Waals surface area contributed by atoms with Crippen LogP contribution in [0.1, 0.15) is 4.28 Å². The van der Waals surface area contributed by atoms with Crippen molar-refractivity contribution in [3.8, 4) is 0 Å². The minimum Gasteiger partial charge on any atom is -0.0788 e. The van der Waals surface area contributed by atoms with Gasteiger partial charge in [-0.2, -0.15) is 0 Å². The van der Waals surface area contributed by atoms with Gasteiger partial charge in [0.2, 0.25) is 4.30 Å². The summed E-state index contributed by atoms with van der Waals surface area (Å²) in [5, 5.41) is 0. The van der Waals surface area contributed by atoms with Crippen LogP contribution in [0, 0.1) is 4.30 Å². The van der Waals surface area contributed by atoms with Crippen molar-refractivity contribution in [2.24, 2.45) is 0 Å². The summed E-state index contributed by atoms with van der Waals surface area (Å²) in [6.07, 6.45) is 0. The molecule has 0 atom stereocenters. The van der Waals surface area contributed by atoms with Crippen molar-refractivity contribution in [2.75, 3.05) is 0 Å². The van der Waals surface area contributed by atoms with E-state index in [2.05, 4.69) is 0 Å². The Bertz CT molecular complexity index is 19.2. The van der Waals surface area contributed by atoms with E-state index >= 15 is 0 Å². The van der Waals surface area contributed by atoms with Crippen LogP contribution in [0.3, 0.4) is 0 Å². The van der Waals surface area contributed by atoms with Gasteiger partial charge in [0.05, 0.1) is 0 Å². The molecule has 0 saturated heterocycles. The van der Waals surface area contributed by atoms with Crippen LogP contribution in [-0.2, 0) is 0 Å². The third kappa shape index (κ3) is 27.4. The first-order valence-corrected chi connectivity index (χ1v) is 1.70. The summed E-state index contributed by atoms with van der Waals surface area (Å²) >= 11 is 14.2. The third-order valence-electron chi connectivity index (χ3n) is 0. The van der Waals surface area contributed by atoms with Crippen LogP contribution in [0.25, 0.3) is 0 Å². The Balaban J connectivity index is -0.00000000750. The second-order valence-corrected chi connectivity index (χ2v) is 1.93. The molecule has 0 spiro atoms. The molecule has 0 aliphatic rings. The summed E-state index contributed by atoms with van der Waals surface area (Å²) in [4.78, 5) is 0. The predicted octanol–water partition coefficient (Wildman–Crippen LogP) is 2.51. The van der Waals surface area contributed by atoms with Crippen LogP contribution in [0.4, 0.5) is 0 Å². The maximum Gasteiger partial charge on any atom is 0.236 e. The Morgan fingerprint density at radius 2 is 1.20 bits per heavy atom. The standard InChI is InChI=1S/CCl3.Sn.3H2/c2-1(3)4;;;;/h;;3*1H. The van der Waals surface area contributed by atoms with E-state index in [1.54, 1.807) is 0 Å². The van der Waals surface area contributed by atoms with Crippen LogP contribution in [0.2, 0.25) is 0 Å². The molecule has 0 bridgehead atoms. The Labute approximate surface area is 67.2 Å². The van der Waals surface area contributed by atoms with Gasteiger partial charge in [-0.25, -0.2) is 0 Å². The molecule has 0 aromatic heterocycles. The summed E-state index contributed by atoms with van der Waals surface area (Å²) in [6, 6.07) is 0. The van der Waals surface area contributed by atoms with E-state index < -0.39 is 0 Å². The second kappa shape index (κ2) is 5.67. The molecule has 0 aliphatic carbocycles. The van der Waals surface area contributed by atoms with Gasteiger partial charge in [0.15, 0.2) is 0 Å². The molecule has 0 aromatic carbocycles. The summed E-state index contributed by atoms with van der Waals surface area (Å²) in [6.45, 7) is 0. The second-order valence-electron chi connectivity index (χ2n) is 0.214. The average molecular weight is 243 g/mol. The topological polar surface area (TPSA) is 0 Å². The molecule has 0 saturated carbocycles. The van der Waals surface area contributed by atoms with E-state index in [4.69, 9.17) is 34.8 Å². The molecule has 0 aliphatic heterocycles. The van der Waals surface area contributed by atoms with Gasteiger partial charge in [-0.1, -0.05) is 34.8 Å². The van der Waals surface area contributed by atoms with E-state index in [-0.39, 0.29) is 32.5 Å². The van der Waals surface area contributed by atoms with Crippen molar-refractivity contribution in [3.05, 3.63) is 4.30 Å². The fourth-order valence-corrected chi connectivity index (χ4v) is 0. The molecule has 35 valence electrons. The monoisotopic (exact) mass is 243 g/mol. The predicted molar refractivity (Wildman–Crippen MR) is 32.9 cm³/mol. The molecular weight excluding hydrogens is 237 g/mol. The summed E-state index contributed by atoms with van der Waals surface area (Å²) in [5.74, 6) is 0. The van der Waals surface area contributed by atoms with Gasteiger partial charge < -0.3 is 0 Å². The van der Waals surface area contributed by atoms with Crippen LogP contribution >= 0.6 is 34.8 Å². The van der Waals surface area contributed by atoms with Crippen molar-refractivity contribution in [3.63, 3.8) is 0 Å². The zero-order chi connectivity index (χ0) is 3.58. The molecule has 0 fully saturated rings.